The highest BCUT2D eigenvalue weighted by molar-refractivity contribution is 5.49. The third kappa shape index (κ3) is 2.79. The molecule has 0 aromatic heterocycles. The highest BCUT2D eigenvalue weighted by atomic mass is 14.9. The molecule has 0 bridgehead atoms. The lowest BCUT2D eigenvalue weighted by Crippen LogP contribution is -2.31. The Bertz CT molecular complexity index is 431. The van der Waals surface area contributed by atoms with Crippen LogP contribution in [0.5, 0.6) is 0 Å². The summed E-state index contributed by atoms with van der Waals surface area (Å²) in [5, 5.41) is 12.7. The molecule has 1 fully saturated rings. The van der Waals surface area contributed by atoms with Crippen LogP contribution < -0.4 is 5.32 Å². The van der Waals surface area contributed by atoms with E-state index in [2.05, 4.69) is 43.4 Å². The van der Waals surface area contributed by atoms with Crippen LogP contribution in [0, 0.1) is 31.1 Å². The minimum Gasteiger partial charge on any atom is -0.381 e. The lowest BCUT2D eigenvalue weighted by Gasteiger charge is -2.28. The maximum atomic E-state index is 9.15. The van der Waals surface area contributed by atoms with Gasteiger partial charge in [0.25, 0.3) is 0 Å². The molecule has 2 unspecified atom stereocenters. The molecule has 0 saturated heterocycles. The molecular formula is C15H20N2. The molecule has 1 aromatic rings. The molecule has 0 heterocycles. The number of hydrogen-bond donors (Lipinski definition) is 1. The second-order valence-electron chi connectivity index (χ2n) is 5.07. The molecule has 2 rings (SSSR count). The third-order valence-corrected chi connectivity index (χ3v) is 3.79. The maximum Gasteiger partial charge on any atom is 0.0677 e. The number of rotatable bonds is 2. The normalized spacial score (nSPS) is 24.1. The molecule has 1 aromatic carbocycles. The quantitative estimate of drug-likeness (QED) is 0.835. The molecule has 90 valence electrons. The van der Waals surface area contributed by atoms with Gasteiger partial charge in [0, 0.05) is 11.7 Å². The van der Waals surface area contributed by atoms with Gasteiger partial charge in [-0.15, -0.1) is 0 Å². The van der Waals surface area contributed by atoms with E-state index in [1.54, 1.807) is 0 Å². The summed E-state index contributed by atoms with van der Waals surface area (Å²) in [5.74, 6) is 0.172. The first-order valence-corrected chi connectivity index (χ1v) is 6.44. The van der Waals surface area contributed by atoms with Crippen LogP contribution in [0.15, 0.2) is 18.2 Å². The highest BCUT2D eigenvalue weighted by Gasteiger charge is 2.24. The van der Waals surface area contributed by atoms with Crippen LogP contribution in [0.1, 0.15) is 36.8 Å². The van der Waals surface area contributed by atoms with Gasteiger partial charge in [0.1, 0.15) is 0 Å². The minimum absolute atomic E-state index is 0.172. The van der Waals surface area contributed by atoms with E-state index in [0.29, 0.717) is 6.04 Å². The summed E-state index contributed by atoms with van der Waals surface area (Å²) in [6.45, 7) is 4.25. The monoisotopic (exact) mass is 228 g/mol. The molecule has 2 nitrogen and oxygen atoms in total. The fourth-order valence-electron chi connectivity index (χ4n) is 2.50. The Morgan fingerprint density at radius 1 is 1.18 bits per heavy atom. The van der Waals surface area contributed by atoms with Gasteiger partial charge in [0.15, 0.2) is 0 Å². The lowest BCUT2D eigenvalue weighted by atomic mass is 9.85. The predicted molar refractivity (Wildman–Crippen MR) is 70.9 cm³/mol. The number of benzene rings is 1. The van der Waals surface area contributed by atoms with Gasteiger partial charge in [-0.1, -0.05) is 18.9 Å². The molecule has 2 atom stereocenters. The zero-order valence-electron chi connectivity index (χ0n) is 10.7. The van der Waals surface area contributed by atoms with Crippen molar-refractivity contribution in [2.75, 3.05) is 5.32 Å². The van der Waals surface area contributed by atoms with E-state index in [1.807, 2.05) is 0 Å². The van der Waals surface area contributed by atoms with Crippen LogP contribution in [0.4, 0.5) is 5.69 Å². The average Bonchev–Trinajstić information content (AvgIpc) is 2.34. The standard InChI is InChI=1S/C15H20N2/c1-11-7-8-14(9-12(11)2)17-15-6-4-3-5-13(15)10-16/h7-9,13,15,17H,3-6H2,1-2H3. The molecule has 1 aliphatic carbocycles. The number of nitriles is 1. The molecule has 0 aliphatic heterocycles. The van der Waals surface area contributed by atoms with Gasteiger partial charge < -0.3 is 5.32 Å². The Labute approximate surface area is 104 Å². The van der Waals surface area contributed by atoms with Crippen LogP contribution in [0.2, 0.25) is 0 Å². The Hall–Kier alpha value is -1.49. The second-order valence-corrected chi connectivity index (χ2v) is 5.07. The molecule has 1 saturated carbocycles. The molecule has 0 amide bonds. The Kier molecular flexibility index (Phi) is 3.68. The van der Waals surface area contributed by atoms with Gasteiger partial charge >= 0.3 is 0 Å². The number of anilines is 1. The van der Waals surface area contributed by atoms with Gasteiger partial charge in [-0.05, 0) is 49.9 Å². The van der Waals surface area contributed by atoms with Gasteiger partial charge in [-0.3, -0.25) is 0 Å². The molecule has 1 aliphatic rings. The van der Waals surface area contributed by atoms with E-state index in [0.717, 1.165) is 18.5 Å². The highest BCUT2D eigenvalue weighted by Crippen LogP contribution is 2.27. The van der Waals surface area contributed by atoms with Crippen LogP contribution in [0.3, 0.4) is 0 Å². The zero-order chi connectivity index (χ0) is 12.3. The molecule has 17 heavy (non-hydrogen) atoms. The summed E-state index contributed by atoms with van der Waals surface area (Å²) in [4.78, 5) is 0. The van der Waals surface area contributed by atoms with Gasteiger partial charge in [0.05, 0.1) is 12.0 Å². The number of hydrogen-bond acceptors (Lipinski definition) is 2. The fourth-order valence-corrected chi connectivity index (χ4v) is 2.50. The van der Waals surface area contributed by atoms with Crippen molar-refractivity contribution in [2.24, 2.45) is 5.92 Å². The first-order valence-electron chi connectivity index (χ1n) is 6.44. The van der Waals surface area contributed by atoms with Gasteiger partial charge in [-0.2, -0.15) is 5.26 Å². The van der Waals surface area contributed by atoms with Crippen LogP contribution >= 0.6 is 0 Å². The maximum absolute atomic E-state index is 9.15. The van der Waals surface area contributed by atoms with E-state index in [-0.39, 0.29) is 5.92 Å². The molecule has 2 heteroatoms. The average molecular weight is 228 g/mol. The summed E-state index contributed by atoms with van der Waals surface area (Å²) in [5.41, 5.74) is 3.77. The number of nitrogens with zero attached hydrogens (tertiary/aromatic N) is 1. The largest absolute Gasteiger partial charge is 0.381 e. The number of nitrogens with one attached hydrogen (secondary N) is 1. The molecule has 0 spiro atoms. The topological polar surface area (TPSA) is 35.8 Å². The minimum atomic E-state index is 0.172. The van der Waals surface area contributed by atoms with Crippen molar-refractivity contribution in [2.45, 2.75) is 45.6 Å². The zero-order valence-corrected chi connectivity index (χ0v) is 10.7. The first-order chi connectivity index (χ1) is 8.20. The Balaban J connectivity index is 2.09. The van der Waals surface area contributed by atoms with Crippen LogP contribution in [-0.2, 0) is 0 Å². The number of aryl methyl sites for hydroxylation is 2. The fraction of sp³-hybridized carbons (Fsp3) is 0.533. The van der Waals surface area contributed by atoms with E-state index in [4.69, 9.17) is 5.26 Å². The lowest BCUT2D eigenvalue weighted by molar-refractivity contribution is 0.389. The van der Waals surface area contributed by atoms with Crippen molar-refractivity contribution in [3.63, 3.8) is 0 Å². The third-order valence-electron chi connectivity index (χ3n) is 3.79. The summed E-state index contributed by atoms with van der Waals surface area (Å²) < 4.78 is 0. The summed E-state index contributed by atoms with van der Waals surface area (Å²) in [7, 11) is 0. The Morgan fingerprint density at radius 3 is 2.65 bits per heavy atom. The summed E-state index contributed by atoms with van der Waals surface area (Å²) in [6.07, 6.45) is 4.59. The smallest absolute Gasteiger partial charge is 0.0677 e. The SMILES string of the molecule is Cc1ccc(NC2CCCCC2C#N)cc1C. The van der Waals surface area contributed by atoms with Crippen molar-refractivity contribution in [3.8, 4) is 6.07 Å². The molecular weight excluding hydrogens is 208 g/mol. The van der Waals surface area contributed by atoms with Crippen LogP contribution in [0.25, 0.3) is 0 Å². The first kappa shape index (κ1) is 12.0. The van der Waals surface area contributed by atoms with Crippen molar-refractivity contribution in [1.82, 2.24) is 0 Å². The van der Waals surface area contributed by atoms with Crippen molar-refractivity contribution >= 4 is 5.69 Å². The van der Waals surface area contributed by atoms with E-state index in [1.165, 1.54) is 24.0 Å². The van der Waals surface area contributed by atoms with Crippen molar-refractivity contribution in [1.29, 1.82) is 5.26 Å². The second kappa shape index (κ2) is 5.23. The van der Waals surface area contributed by atoms with Gasteiger partial charge in [-0.25, -0.2) is 0 Å². The van der Waals surface area contributed by atoms with Crippen LogP contribution in [-0.4, -0.2) is 6.04 Å². The van der Waals surface area contributed by atoms with Crippen molar-refractivity contribution < 1.29 is 0 Å². The summed E-state index contributed by atoms with van der Waals surface area (Å²) >= 11 is 0. The molecule has 1 N–H and O–H groups in total. The molecule has 0 radical (unpaired) electrons. The van der Waals surface area contributed by atoms with Crippen molar-refractivity contribution in [3.05, 3.63) is 29.3 Å². The van der Waals surface area contributed by atoms with E-state index in [9.17, 15) is 0 Å². The van der Waals surface area contributed by atoms with E-state index >= 15 is 0 Å². The van der Waals surface area contributed by atoms with Gasteiger partial charge in [0.2, 0.25) is 0 Å². The summed E-state index contributed by atoms with van der Waals surface area (Å²) in [6, 6.07) is 9.20. The van der Waals surface area contributed by atoms with E-state index < -0.39 is 0 Å². The predicted octanol–water partition coefficient (Wildman–Crippen LogP) is 3.80. The Morgan fingerprint density at radius 2 is 1.94 bits per heavy atom.